The molecule has 4 heterocycles. The maximum absolute atomic E-state index is 12.2. The molecular weight excluding hydrogens is 268 g/mol. The van der Waals surface area contributed by atoms with Crippen LogP contribution in [0.2, 0.25) is 0 Å². The van der Waals surface area contributed by atoms with E-state index in [0.29, 0.717) is 19.1 Å². The Morgan fingerprint density at radius 3 is 3.14 bits per heavy atom. The lowest BCUT2D eigenvalue weighted by Crippen LogP contribution is -2.47. The first-order valence-electron chi connectivity index (χ1n) is 7.81. The molecule has 0 radical (unpaired) electrons. The summed E-state index contributed by atoms with van der Waals surface area (Å²) in [4.78, 5) is 20.8. The summed E-state index contributed by atoms with van der Waals surface area (Å²) in [7, 11) is 0. The van der Waals surface area contributed by atoms with Crippen LogP contribution in [0.5, 0.6) is 0 Å². The number of imidazole rings is 1. The Kier molecular flexibility index (Phi) is 2.87. The molecule has 4 rings (SSSR count). The average molecular weight is 290 g/mol. The highest BCUT2D eigenvalue weighted by atomic mass is 16.5. The lowest BCUT2D eigenvalue weighted by atomic mass is 10.1. The number of carbonyl (C=O) groups is 1. The van der Waals surface area contributed by atoms with Crippen molar-refractivity contribution in [2.45, 2.75) is 51.0 Å². The Balaban J connectivity index is 1.58. The third kappa shape index (κ3) is 1.78. The van der Waals surface area contributed by atoms with Gasteiger partial charge in [0.2, 0.25) is 5.91 Å². The molecule has 6 nitrogen and oxygen atoms in total. The van der Waals surface area contributed by atoms with Crippen molar-refractivity contribution in [3.63, 3.8) is 0 Å². The van der Waals surface area contributed by atoms with Crippen molar-refractivity contribution in [2.24, 2.45) is 0 Å². The molecular formula is C15H22N4O2. The first kappa shape index (κ1) is 13.3. The number of carbonyl (C=O) groups excluding carboxylic acids is 1. The van der Waals surface area contributed by atoms with Crippen LogP contribution in [0.15, 0.2) is 12.5 Å². The predicted octanol–water partition coefficient (Wildman–Crippen LogP) is 0.997. The Morgan fingerprint density at radius 2 is 2.33 bits per heavy atom. The zero-order chi connectivity index (χ0) is 14.6. The van der Waals surface area contributed by atoms with Gasteiger partial charge in [0.05, 0.1) is 24.7 Å². The molecule has 114 valence electrons. The van der Waals surface area contributed by atoms with Crippen LogP contribution in [0.4, 0.5) is 0 Å². The van der Waals surface area contributed by atoms with E-state index in [1.54, 1.807) is 0 Å². The molecule has 3 aliphatic heterocycles. The maximum atomic E-state index is 12.2. The second-order valence-corrected chi connectivity index (χ2v) is 6.57. The monoisotopic (exact) mass is 290 g/mol. The molecule has 1 aromatic rings. The summed E-state index contributed by atoms with van der Waals surface area (Å²) in [5, 5.41) is 0. The van der Waals surface area contributed by atoms with Crippen molar-refractivity contribution in [3.8, 4) is 0 Å². The Morgan fingerprint density at radius 1 is 1.48 bits per heavy atom. The Bertz CT molecular complexity index is 570. The summed E-state index contributed by atoms with van der Waals surface area (Å²) in [5.74, 6) is 0.250. The van der Waals surface area contributed by atoms with E-state index >= 15 is 0 Å². The fourth-order valence-corrected chi connectivity index (χ4v) is 4.19. The van der Waals surface area contributed by atoms with Gasteiger partial charge < -0.3 is 14.2 Å². The fourth-order valence-electron chi connectivity index (χ4n) is 4.19. The van der Waals surface area contributed by atoms with Crippen LogP contribution >= 0.6 is 0 Å². The van der Waals surface area contributed by atoms with E-state index in [2.05, 4.69) is 28.3 Å². The molecule has 3 aliphatic rings. The third-order valence-corrected chi connectivity index (χ3v) is 5.18. The molecule has 0 saturated carbocycles. The zero-order valence-electron chi connectivity index (χ0n) is 12.7. The number of ether oxygens (including phenoxy) is 1. The standard InChI is InChI=1S/C15H22N4O2/c1-11(2)18-10-16-8-12(18)9-17-4-3-15-13(17)7-14(20)19(15)5-6-21-15/h8,10-11,13H,3-7,9H2,1-2H3/t13-,15+/m1/s1. The van der Waals surface area contributed by atoms with Crippen LogP contribution in [-0.2, 0) is 16.1 Å². The highest BCUT2D eigenvalue weighted by Gasteiger charge is 2.61. The zero-order valence-corrected chi connectivity index (χ0v) is 12.7. The van der Waals surface area contributed by atoms with Gasteiger partial charge in [-0.25, -0.2) is 4.98 Å². The van der Waals surface area contributed by atoms with E-state index in [1.165, 1.54) is 5.69 Å². The van der Waals surface area contributed by atoms with E-state index in [1.807, 2.05) is 17.4 Å². The van der Waals surface area contributed by atoms with Crippen molar-refractivity contribution in [1.29, 1.82) is 0 Å². The minimum absolute atomic E-state index is 0.197. The van der Waals surface area contributed by atoms with Crippen LogP contribution in [0.3, 0.4) is 0 Å². The van der Waals surface area contributed by atoms with Crippen LogP contribution in [0.25, 0.3) is 0 Å². The minimum Gasteiger partial charge on any atom is -0.352 e. The topological polar surface area (TPSA) is 50.6 Å². The molecule has 3 fully saturated rings. The van der Waals surface area contributed by atoms with Crippen LogP contribution in [0.1, 0.15) is 38.4 Å². The first-order chi connectivity index (χ1) is 10.1. The van der Waals surface area contributed by atoms with Gasteiger partial charge in [-0.05, 0) is 13.8 Å². The normalized spacial score (nSPS) is 32.2. The minimum atomic E-state index is -0.334. The largest absolute Gasteiger partial charge is 0.352 e. The second-order valence-electron chi connectivity index (χ2n) is 6.57. The molecule has 0 bridgehead atoms. The summed E-state index contributed by atoms with van der Waals surface area (Å²) in [5.41, 5.74) is 0.880. The van der Waals surface area contributed by atoms with Gasteiger partial charge in [-0.1, -0.05) is 0 Å². The van der Waals surface area contributed by atoms with Gasteiger partial charge in [0, 0.05) is 44.7 Å². The SMILES string of the molecule is CC(C)n1cncc1CN1CC[C@@]23OCCN2C(=O)C[C@@H]13. The van der Waals surface area contributed by atoms with Gasteiger partial charge in [-0.3, -0.25) is 9.69 Å². The number of aromatic nitrogens is 2. The van der Waals surface area contributed by atoms with Crippen molar-refractivity contribution >= 4 is 5.91 Å². The summed E-state index contributed by atoms with van der Waals surface area (Å²) in [6.07, 6.45) is 5.36. The molecule has 0 aliphatic carbocycles. The number of rotatable bonds is 3. The third-order valence-electron chi connectivity index (χ3n) is 5.18. The molecule has 3 saturated heterocycles. The Labute approximate surface area is 124 Å². The molecule has 21 heavy (non-hydrogen) atoms. The lowest BCUT2D eigenvalue weighted by Gasteiger charge is -2.31. The smallest absolute Gasteiger partial charge is 0.226 e. The van der Waals surface area contributed by atoms with Crippen LogP contribution in [0, 0.1) is 0 Å². The number of nitrogens with zero attached hydrogens (tertiary/aromatic N) is 4. The van der Waals surface area contributed by atoms with Gasteiger partial charge >= 0.3 is 0 Å². The summed E-state index contributed by atoms with van der Waals surface area (Å²) in [6.45, 7) is 7.59. The first-order valence-corrected chi connectivity index (χ1v) is 7.81. The van der Waals surface area contributed by atoms with Crippen molar-refractivity contribution in [3.05, 3.63) is 18.2 Å². The van der Waals surface area contributed by atoms with Crippen LogP contribution in [-0.4, -0.2) is 56.7 Å². The highest BCUT2D eigenvalue weighted by molar-refractivity contribution is 5.81. The summed E-state index contributed by atoms with van der Waals surface area (Å²) >= 11 is 0. The molecule has 1 spiro atoms. The molecule has 2 atom stereocenters. The average Bonchev–Trinajstić information content (AvgIpc) is 3.15. The van der Waals surface area contributed by atoms with Crippen molar-refractivity contribution in [1.82, 2.24) is 19.4 Å². The summed E-state index contributed by atoms with van der Waals surface area (Å²) in [6, 6.07) is 0.603. The highest BCUT2D eigenvalue weighted by Crippen LogP contribution is 2.45. The van der Waals surface area contributed by atoms with Gasteiger partial charge in [-0.15, -0.1) is 0 Å². The fraction of sp³-hybridized carbons (Fsp3) is 0.733. The van der Waals surface area contributed by atoms with Gasteiger partial charge in [0.25, 0.3) is 0 Å². The van der Waals surface area contributed by atoms with Gasteiger partial charge in [-0.2, -0.15) is 0 Å². The van der Waals surface area contributed by atoms with Crippen LogP contribution < -0.4 is 0 Å². The number of hydrogen-bond acceptors (Lipinski definition) is 4. The number of likely N-dealkylation sites (tertiary alicyclic amines) is 1. The molecule has 0 aromatic carbocycles. The predicted molar refractivity (Wildman–Crippen MR) is 76.4 cm³/mol. The number of hydrogen-bond donors (Lipinski definition) is 0. The van der Waals surface area contributed by atoms with Gasteiger partial charge in [0.15, 0.2) is 5.72 Å². The van der Waals surface area contributed by atoms with E-state index in [4.69, 9.17) is 4.74 Å². The van der Waals surface area contributed by atoms with E-state index in [0.717, 1.165) is 26.1 Å². The van der Waals surface area contributed by atoms with Crippen molar-refractivity contribution < 1.29 is 9.53 Å². The second kappa shape index (κ2) is 4.55. The summed E-state index contributed by atoms with van der Waals surface area (Å²) < 4.78 is 8.23. The molecule has 1 aromatic heterocycles. The number of amides is 1. The van der Waals surface area contributed by atoms with Gasteiger partial charge in [0.1, 0.15) is 0 Å². The lowest BCUT2D eigenvalue weighted by molar-refractivity contribution is -0.136. The molecule has 1 amide bonds. The maximum Gasteiger partial charge on any atom is 0.226 e. The molecule has 0 unspecified atom stereocenters. The molecule has 0 N–H and O–H groups in total. The molecule has 6 heteroatoms. The van der Waals surface area contributed by atoms with E-state index in [9.17, 15) is 4.79 Å². The van der Waals surface area contributed by atoms with E-state index < -0.39 is 0 Å². The Hall–Kier alpha value is -1.40. The van der Waals surface area contributed by atoms with Crippen molar-refractivity contribution in [2.75, 3.05) is 19.7 Å². The quantitative estimate of drug-likeness (QED) is 0.833. The van der Waals surface area contributed by atoms with E-state index in [-0.39, 0.29) is 17.7 Å².